The molecule has 2 unspecified atom stereocenters. The van der Waals surface area contributed by atoms with E-state index in [9.17, 15) is 5.11 Å². The Hall–Kier alpha value is -1.26. The fourth-order valence-electron chi connectivity index (χ4n) is 2.20. The second-order valence-corrected chi connectivity index (χ2v) is 5.06. The van der Waals surface area contributed by atoms with Crippen LogP contribution < -0.4 is 14.8 Å². The lowest BCUT2D eigenvalue weighted by atomic mass is 9.95. The zero-order valence-electron chi connectivity index (χ0n) is 12.3. The Morgan fingerprint density at radius 1 is 1.37 bits per heavy atom. The van der Waals surface area contributed by atoms with Crippen LogP contribution in [0.4, 0.5) is 0 Å². The van der Waals surface area contributed by atoms with Crippen LogP contribution in [-0.4, -0.2) is 37.0 Å². The third-order valence-electron chi connectivity index (χ3n) is 3.07. The summed E-state index contributed by atoms with van der Waals surface area (Å²) in [5, 5.41) is 12.8. The smallest absolute Gasteiger partial charge is 0.123 e. The maximum absolute atomic E-state index is 9.48. The largest absolute Gasteiger partial charge is 0.497 e. The predicted octanol–water partition coefficient (Wildman–Crippen LogP) is 2.21. The van der Waals surface area contributed by atoms with E-state index in [0.717, 1.165) is 24.5 Å². The predicted molar refractivity (Wildman–Crippen MR) is 76.9 cm³/mol. The number of hydrogen-bond donors (Lipinski definition) is 2. The van der Waals surface area contributed by atoms with Crippen LogP contribution in [0.15, 0.2) is 24.3 Å². The molecule has 2 N–H and O–H groups in total. The average molecular weight is 267 g/mol. The molecule has 1 aromatic carbocycles. The third-order valence-corrected chi connectivity index (χ3v) is 3.07. The van der Waals surface area contributed by atoms with Crippen molar-refractivity contribution in [2.45, 2.75) is 38.8 Å². The van der Waals surface area contributed by atoms with E-state index in [1.165, 1.54) is 0 Å². The summed E-state index contributed by atoms with van der Waals surface area (Å²) in [5.41, 5.74) is -0.312. The quantitative estimate of drug-likeness (QED) is 0.758. The molecule has 0 bridgehead atoms. The molecule has 0 aliphatic rings. The molecule has 1 rings (SSSR count). The van der Waals surface area contributed by atoms with Gasteiger partial charge in [-0.1, -0.05) is 13.0 Å². The first-order valence-corrected chi connectivity index (χ1v) is 6.69. The summed E-state index contributed by atoms with van der Waals surface area (Å²) in [6.45, 7) is 6.95. The number of nitrogens with one attached hydrogen (secondary N) is 1. The first-order valence-electron chi connectivity index (χ1n) is 6.69. The van der Waals surface area contributed by atoms with E-state index in [4.69, 9.17) is 9.47 Å². The summed E-state index contributed by atoms with van der Waals surface area (Å²) in [5.74, 6) is 1.56. The molecule has 0 spiro atoms. The lowest BCUT2D eigenvalue weighted by Crippen LogP contribution is -2.48. The maximum atomic E-state index is 9.48. The lowest BCUT2D eigenvalue weighted by molar-refractivity contribution is 0.111. The molecule has 0 heterocycles. The summed E-state index contributed by atoms with van der Waals surface area (Å²) >= 11 is 0. The van der Waals surface area contributed by atoms with Crippen molar-refractivity contribution >= 4 is 0 Å². The number of aliphatic hydroxyl groups is 1. The van der Waals surface area contributed by atoms with Crippen LogP contribution in [0, 0.1) is 0 Å². The van der Waals surface area contributed by atoms with Gasteiger partial charge in [-0.15, -0.1) is 0 Å². The number of aliphatic hydroxyl groups excluding tert-OH is 1. The van der Waals surface area contributed by atoms with E-state index >= 15 is 0 Å². The minimum absolute atomic E-state index is 0.00306. The first-order chi connectivity index (χ1) is 9.03. The van der Waals surface area contributed by atoms with Gasteiger partial charge in [0.1, 0.15) is 11.5 Å². The topological polar surface area (TPSA) is 50.7 Å². The highest BCUT2D eigenvalue weighted by molar-refractivity contribution is 5.32. The Labute approximate surface area is 115 Å². The van der Waals surface area contributed by atoms with Gasteiger partial charge in [0.25, 0.3) is 0 Å². The minimum Gasteiger partial charge on any atom is -0.497 e. The maximum Gasteiger partial charge on any atom is 0.123 e. The van der Waals surface area contributed by atoms with Gasteiger partial charge >= 0.3 is 0 Å². The Bertz CT molecular complexity index is 383. The molecular formula is C15H25NO3. The van der Waals surface area contributed by atoms with Gasteiger partial charge in [0.05, 0.1) is 19.8 Å². The number of likely N-dealkylation sites (N-methyl/N-ethyl adjacent to an activating group) is 1. The number of ether oxygens (including phenoxy) is 2. The molecule has 0 fully saturated rings. The molecule has 0 aromatic heterocycles. The van der Waals surface area contributed by atoms with Gasteiger partial charge in [0, 0.05) is 18.0 Å². The molecule has 0 aliphatic heterocycles. The fraction of sp³-hybridized carbons (Fsp3) is 0.600. The summed E-state index contributed by atoms with van der Waals surface area (Å²) in [6.07, 6.45) is 0.734. The number of rotatable bonds is 8. The van der Waals surface area contributed by atoms with Crippen molar-refractivity contribution in [2.75, 3.05) is 20.3 Å². The number of methoxy groups -OCH3 is 1. The van der Waals surface area contributed by atoms with Gasteiger partial charge < -0.3 is 19.9 Å². The van der Waals surface area contributed by atoms with Gasteiger partial charge in [-0.25, -0.2) is 0 Å². The van der Waals surface area contributed by atoms with Gasteiger partial charge in [-0.2, -0.15) is 0 Å². The summed E-state index contributed by atoms with van der Waals surface area (Å²) < 4.78 is 11.0. The highest BCUT2D eigenvalue weighted by Gasteiger charge is 2.25. The minimum atomic E-state index is -0.312. The Kier molecular flexibility index (Phi) is 6.12. The number of hydrogen-bond acceptors (Lipinski definition) is 4. The van der Waals surface area contributed by atoms with Gasteiger partial charge in [-0.3, -0.25) is 0 Å². The standard InChI is InChI=1S/C15H25NO3/c1-5-16-15(3,11-17)10-12(2)19-14-8-6-7-13(9-14)18-4/h6-9,12,16-17H,5,10-11H2,1-4H3. The molecule has 0 aliphatic carbocycles. The van der Waals surface area contributed by atoms with Crippen molar-refractivity contribution in [3.05, 3.63) is 24.3 Å². The normalized spacial score (nSPS) is 15.6. The summed E-state index contributed by atoms with van der Waals surface area (Å²) in [7, 11) is 1.64. The summed E-state index contributed by atoms with van der Waals surface area (Å²) in [6, 6.07) is 7.55. The Morgan fingerprint density at radius 2 is 2.05 bits per heavy atom. The van der Waals surface area contributed by atoms with Crippen LogP contribution in [0.1, 0.15) is 27.2 Å². The Balaban J connectivity index is 2.60. The second kappa shape index (κ2) is 7.36. The van der Waals surface area contributed by atoms with Crippen molar-refractivity contribution in [2.24, 2.45) is 0 Å². The molecule has 4 nitrogen and oxygen atoms in total. The van der Waals surface area contributed by atoms with Gasteiger partial charge in [0.15, 0.2) is 0 Å². The molecule has 0 saturated carbocycles. The van der Waals surface area contributed by atoms with E-state index in [1.807, 2.05) is 45.0 Å². The average Bonchev–Trinajstić information content (AvgIpc) is 2.39. The van der Waals surface area contributed by atoms with E-state index in [-0.39, 0.29) is 18.2 Å². The SMILES string of the molecule is CCNC(C)(CO)CC(C)Oc1cccc(OC)c1. The molecule has 4 heteroatoms. The summed E-state index contributed by atoms with van der Waals surface area (Å²) in [4.78, 5) is 0. The van der Waals surface area contributed by atoms with Crippen LogP contribution in [0.5, 0.6) is 11.5 Å². The van der Waals surface area contributed by atoms with E-state index in [0.29, 0.717) is 0 Å². The van der Waals surface area contributed by atoms with Crippen LogP contribution >= 0.6 is 0 Å². The highest BCUT2D eigenvalue weighted by atomic mass is 16.5. The molecular weight excluding hydrogens is 242 g/mol. The monoisotopic (exact) mass is 267 g/mol. The van der Waals surface area contributed by atoms with Gasteiger partial charge in [0.2, 0.25) is 0 Å². The van der Waals surface area contributed by atoms with Crippen LogP contribution in [0.3, 0.4) is 0 Å². The zero-order valence-corrected chi connectivity index (χ0v) is 12.3. The molecule has 1 aromatic rings. The zero-order chi connectivity index (χ0) is 14.3. The van der Waals surface area contributed by atoms with E-state index in [1.54, 1.807) is 7.11 Å². The fourth-order valence-corrected chi connectivity index (χ4v) is 2.20. The lowest BCUT2D eigenvalue weighted by Gasteiger charge is -2.31. The van der Waals surface area contributed by atoms with Crippen LogP contribution in [0.25, 0.3) is 0 Å². The number of benzene rings is 1. The van der Waals surface area contributed by atoms with Gasteiger partial charge in [-0.05, 0) is 32.5 Å². The Morgan fingerprint density at radius 3 is 2.63 bits per heavy atom. The van der Waals surface area contributed by atoms with Crippen molar-refractivity contribution in [3.8, 4) is 11.5 Å². The molecule has 2 atom stereocenters. The third kappa shape index (κ3) is 5.09. The first kappa shape index (κ1) is 15.8. The molecule has 0 saturated heterocycles. The second-order valence-electron chi connectivity index (χ2n) is 5.06. The molecule has 19 heavy (non-hydrogen) atoms. The molecule has 108 valence electrons. The molecule has 0 radical (unpaired) electrons. The van der Waals surface area contributed by atoms with Crippen molar-refractivity contribution in [1.29, 1.82) is 0 Å². The molecule has 0 amide bonds. The van der Waals surface area contributed by atoms with Crippen molar-refractivity contribution in [3.63, 3.8) is 0 Å². The van der Waals surface area contributed by atoms with E-state index < -0.39 is 0 Å². The highest BCUT2D eigenvalue weighted by Crippen LogP contribution is 2.22. The van der Waals surface area contributed by atoms with Crippen LogP contribution in [-0.2, 0) is 0 Å². The van der Waals surface area contributed by atoms with Crippen LogP contribution in [0.2, 0.25) is 0 Å². The van der Waals surface area contributed by atoms with Crippen molar-refractivity contribution in [1.82, 2.24) is 5.32 Å². The van der Waals surface area contributed by atoms with Crippen molar-refractivity contribution < 1.29 is 14.6 Å². The van der Waals surface area contributed by atoms with E-state index in [2.05, 4.69) is 5.32 Å².